The van der Waals surface area contributed by atoms with Gasteiger partial charge >= 0.3 is 0 Å². The number of hydrogen-bond donors (Lipinski definition) is 1. The molecule has 0 saturated heterocycles. The summed E-state index contributed by atoms with van der Waals surface area (Å²) < 4.78 is 7.29. The largest absolute Gasteiger partial charge is 0.407 e. The fourth-order valence-corrected chi connectivity index (χ4v) is 10.3. The van der Waals surface area contributed by atoms with E-state index in [-0.39, 0.29) is 16.6 Å². The molecule has 0 saturated carbocycles. The van der Waals surface area contributed by atoms with Crippen molar-refractivity contribution in [3.05, 3.63) is 72.8 Å². The van der Waals surface area contributed by atoms with E-state index in [0.717, 1.165) is 12.8 Å². The second-order valence-electron chi connectivity index (χ2n) is 11.3. The van der Waals surface area contributed by atoms with Gasteiger partial charge in [0.15, 0.2) is 0 Å². The van der Waals surface area contributed by atoms with Gasteiger partial charge in [-0.25, -0.2) is 0 Å². The maximum Gasteiger partial charge on any atom is 0.261 e. The Balaban J connectivity index is 1.83. The molecule has 0 heterocycles. The van der Waals surface area contributed by atoms with Crippen LogP contribution in [0.15, 0.2) is 72.8 Å². The third-order valence-electron chi connectivity index (χ3n) is 7.56. The number of aliphatic hydroxyl groups excluding tert-OH is 1. The van der Waals surface area contributed by atoms with Gasteiger partial charge in [0.05, 0.1) is 6.10 Å². The van der Waals surface area contributed by atoms with Gasteiger partial charge in [-0.2, -0.15) is 0 Å². The summed E-state index contributed by atoms with van der Waals surface area (Å²) in [6.07, 6.45) is 14.9. The van der Waals surface area contributed by atoms with Crippen LogP contribution in [0.25, 0.3) is 0 Å². The first-order valence-corrected chi connectivity index (χ1v) is 15.4. The Bertz CT molecular complexity index is 832. The number of rotatable bonds is 13. The van der Waals surface area contributed by atoms with Crippen LogP contribution < -0.4 is 10.4 Å². The molecule has 2 nitrogen and oxygen atoms in total. The highest BCUT2D eigenvalue weighted by Gasteiger charge is 2.51. The molecule has 186 valence electrons. The third-order valence-corrected chi connectivity index (χ3v) is 12.5. The molecule has 0 amide bonds. The molecule has 0 aromatic heterocycles. The number of aliphatic hydroxyl groups is 1. The third kappa shape index (κ3) is 6.50. The van der Waals surface area contributed by atoms with Crippen molar-refractivity contribution in [1.29, 1.82) is 0 Å². The van der Waals surface area contributed by atoms with Crippen LogP contribution in [0.1, 0.15) is 85.5 Å². The van der Waals surface area contributed by atoms with E-state index >= 15 is 0 Å². The van der Waals surface area contributed by atoms with Gasteiger partial charge in [0.2, 0.25) is 0 Å². The SMILES string of the molecule is CCCCCCCCC[C@@]1(CO[Si](c2ccccc2)(c2ccccc2)C(C)(C)C)C=C[C@@H](O)C1. The zero-order valence-electron chi connectivity index (χ0n) is 21.9. The molecular formula is C31H46O2Si. The lowest BCUT2D eigenvalue weighted by atomic mass is 9.82. The van der Waals surface area contributed by atoms with Crippen LogP contribution in [-0.4, -0.2) is 26.1 Å². The first-order valence-electron chi connectivity index (χ1n) is 13.5. The second kappa shape index (κ2) is 12.3. The lowest BCUT2D eigenvalue weighted by Crippen LogP contribution is -2.67. The van der Waals surface area contributed by atoms with Crippen molar-refractivity contribution in [1.82, 2.24) is 0 Å². The zero-order chi connectivity index (χ0) is 24.5. The molecule has 0 unspecified atom stereocenters. The van der Waals surface area contributed by atoms with Crippen molar-refractivity contribution < 1.29 is 9.53 Å². The lowest BCUT2D eigenvalue weighted by Gasteiger charge is -2.45. The van der Waals surface area contributed by atoms with Gasteiger partial charge in [0.1, 0.15) is 0 Å². The van der Waals surface area contributed by atoms with Crippen LogP contribution in [0.4, 0.5) is 0 Å². The molecule has 34 heavy (non-hydrogen) atoms. The van der Waals surface area contributed by atoms with Gasteiger partial charge in [0, 0.05) is 12.0 Å². The topological polar surface area (TPSA) is 29.5 Å². The van der Waals surface area contributed by atoms with Crippen LogP contribution in [0.3, 0.4) is 0 Å². The van der Waals surface area contributed by atoms with Crippen LogP contribution >= 0.6 is 0 Å². The Morgan fingerprint density at radius 3 is 1.85 bits per heavy atom. The van der Waals surface area contributed by atoms with Crippen molar-refractivity contribution in [2.24, 2.45) is 5.41 Å². The highest BCUT2D eigenvalue weighted by atomic mass is 28.4. The van der Waals surface area contributed by atoms with Crippen LogP contribution in [0.2, 0.25) is 5.04 Å². The molecule has 3 rings (SSSR count). The van der Waals surface area contributed by atoms with E-state index in [1.54, 1.807) is 0 Å². The maximum absolute atomic E-state index is 10.5. The molecule has 1 N–H and O–H groups in total. The summed E-state index contributed by atoms with van der Waals surface area (Å²) in [6.45, 7) is 9.95. The minimum atomic E-state index is -2.57. The molecule has 2 aromatic rings. The standard InChI is InChI=1S/C31H46O2Si/c1-5-6-7-8-9-10-17-23-31(24-22-27(32)25-31)26-33-34(30(2,3)4,28-18-13-11-14-19-28)29-20-15-12-16-21-29/h11-16,18-22,24,27,32H,5-10,17,23,25-26H2,1-4H3/t27-,31-/m1/s1. The van der Waals surface area contributed by atoms with Gasteiger partial charge < -0.3 is 9.53 Å². The number of benzene rings is 2. The molecule has 2 atom stereocenters. The second-order valence-corrected chi connectivity index (χ2v) is 15.6. The van der Waals surface area contributed by atoms with E-state index in [2.05, 4.69) is 94.4 Å². The summed E-state index contributed by atoms with van der Waals surface area (Å²) in [5, 5.41) is 13.1. The average molecular weight is 479 g/mol. The minimum absolute atomic E-state index is 0.0306. The van der Waals surface area contributed by atoms with Crippen molar-refractivity contribution in [3.63, 3.8) is 0 Å². The Morgan fingerprint density at radius 2 is 1.38 bits per heavy atom. The van der Waals surface area contributed by atoms with Crippen molar-refractivity contribution in [3.8, 4) is 0 Å². The van der Waals surface area contributed by atoms with Crippen molar-refractivity contribution in [2.75, 3.05) is 6.61 Å². The number of hydrogen-bond acceptors (Lipinski definition) is 2. The van der Waals surface area contributed by atoms with E-state index in [4.69, 9.17) is 4.43 Å². The normalized spacial score (nSPS) is 20.7. The summed E-state index contributed by atoms with van der Waals surface area (Å²) in [4.78, 5) is 0. The van der Waals surface area contributed by atoms with Gasteiger partial charge in [-0.05, 0) is 28.3 Å². The Labute approximate surface area is 209 Å². The molecule has 0 aliphatic heterocycles. The predicted octanol–water partition coefficient (Wildman–Crippen LogP) is 7.01. The molecular weight excluding hydrogens is 432 g/mol. The molecule has 0 fully saturated rings. The zero-order valence-corrected chi connectivity index (χ0v) is 22.9. The summed E-state index contributed by atoms with van der Waals surface area (Å²) in [5.41, 5.74) is -0.0735. The van der Waals surface area contributed by atoms with Crippen LogP contribution in [0, 0.1) is 5.41 Å². The predicted molar refractivity (Wildman–Crippen MR) is 148 cm³/mol. The van der Waals surface area contributed by atoms with Crippen LogP contribution in [0.5, 0.6) is 0 Å². The van der Waals surface area contributed by atoms with E-state index < -0.39 is 8.32 Å². The van der Waals surface area contributed by atoms with E-state index in [0.29, 0.717) is 6.61 Å². The maximum atomic E-state index is 10.5. The molecule has 2 aromatic carbocycles. The van der Waals surface area contributed by atoms with E-state index in [1.807, 2.05) is 6.08 Å². The lowest BCUT2D eigenvalue weighted by molar-refractivity contribution is 0.117. The summed E-state index contributed by atoms with van der Waals surface area (Å²) >= 11 is 0. The first kappa shape index (κ1) is 26.9. The van der Waals surface area contributed by atoms with Gasteiger partial charge in [0.25, 0.3) is 8.32 Å². The van der Waals surface area contributed by atoms with Crippen molar-refractivity contribution in [2.45, 2.75) is 96.6 Å². The van der Waals surface area contributed by atoms with Crippen LogP contribution in [-0.2, 0) is 4.43 Å². The Kier molecular flexibility index (Phi) is 9.76. The molecule has 0 bridgehead atoms. The summed E-state index contributed by atoms with van der Waals surface area (Å²) in [5.74, 6) is 0. The molecule has 1 aliphatic carbocycles. The monoisotopic (exact) mass is 478 g/mol. The summed E-state index contributed by atoms with van der Waals surface area (Å²) in [6, 6.07) is 21.8. The number of unbranched alkanes of at least 4 members (excludes halogenated alkanes) is 6. The first-order chi connectivity index (χ1) is 16.3. The fourth-order valence-electron chi connectivity index (χ4n) is 5.68. The van der Waals surface area contributed by atoms with Crippen molar-refractivity contribution >= 4 is 18.7 Å². The average Bonchev–Trinajstić information content (AvgIpc) is 3.20. The smallest absolute Gasteiger partial charge is 0.261 e. The van der Waals surface area contributed by atoms with Gasteiger partial charge in [-0.15, -0.1) is 0 Å². The summed E-state index contributed by atoms with van der Waals surface area (Å²) in [7, 11) is -2.57. The fraction of sp³-hybridized carbons (Fsp3) is 0.548. The molecule has 3 heteroatoms. The van der Waals surface area contributed by atoms with Gasteiger partial charge in [-0.3, -0.25) is 0 Å². The van der Waals surface area contributed by atoms with E-state index in [9.17, 15) is 5.11 Å². The Morgan fingerprint density at radius 1 is 0.853 bits per heavy atom. The molecule has 0 radical (unpaired) electrons. The quantitative estimate of drug-likeness (QED) is 0.191. The molecule has 0 spiro atoms. The highest BCUT2D eigenvalue weighted by Crippen LogP contribution is 2.42. The minimum Gasteiger partial charge on any atom is -0.407 e. The van der Waals surface area contributed by atoms with Gasteiger partial charge in [-0.1, -0.05) is 145 Å². The Hall–Kier alpha value is -1.68. The van der Waals surface area contributed by atoms with E-state index in [1.165, 1.54) is 55.3 Å². The molecule has 1 aliphatic rings. The highest BCUT2D eigenvalue weighted by molar-refractivity contribution is 6.99.